The number of aromatic nitrogens is 2. The van der Waals surface area contributed by atoms with Crippen LogP contribution >= 0.6 is 0 Å². The Morgan fingerprint density at radius 2 is 1.89 bits per heavy atom. The number of fused-ring (bicyclic) bond motifs is 1. The van der Waals surface area contributed by atoms with Crippen molar-refractivity contribution in [2.24, 2.45) is 0 Å². The Hall–Kier alpha value is -1.54. The molecular weight excluding hydrogens is 354 g/mol. The number of hydrogen-bond acceptors (Lipinski definition) is 7. The first kappa shape index (κ1) is 19.8. The van der Waals surface area contributed by atoms with Crippen molar-refractivity contribution in [2.45, 2.75) is 57.8 Å². The summed E-state index contributed by atoms with van der Waals surface area (Å²) in [5, 5.41) is 17.5. The van der Waals surface area contributed by atoms with E-state index in [0.29, 0.717) is 18.1 Å². The van der Waals surface area contributed by atoms with Crippen LogP contribution in [0.15, 0.2) is 22.8 Å². The summed E-state index contributed by atoms with van der Waals surface area (Å²) in [4.78, 5) is 7.78. The van der Waals surface area contributed by atoms with Crippen LogP contribution < -0.4 is 0 Å². The fourth-order valence-electron chi connectivity index (χ4n) is 4.88. The molecule has 154 valence electrons. The number of aliphatic hydroxyl groups excluding tert-OH is 1. The van der Waals surface area contributed by atoms with E-state index in [4.69, 9.17) is 4.63 Å². The Morgan fingerprint density at radius 3 is 2.64 bits per heavy atom. The molecule has 0 bridgehead atoms. The number of nitrogens with zero attached hydrogens (tertiary/aromatic N) is 5. The van der Waals surface area contributed by atoms with Gasteiger partial charge in [-0.1, -0.05) is 6.07 Å². The lowest BCUT2D eigenvalue weighted by Crippen LogP contribution is -2.58. The van der Waals surface area contributed by atoms with Gasteiger partial charge in [0.15, 0.2) is 0 Å². The largest absolute Gasteiger partial charge is 0.396 e. The van der Waals surface area contributed by atoms with E-state index in [9.17, 15) is 5.11 Å². The van der Waals surface area contributed by atoms with Gasteiger partial charge in [-0.25, -0.2) is 4.63 Å². The summed E-state index contributed by atoms with van der Waals surface area (Å²) >= 11 is 0. The molecule has 1 atom stereocenters. The average Bonchev–Trinajstić information content (AvgIpc) is 3.16. The third-order valence-corrected chi connectivity index (χ3v) is 6.50. The van der Waals surface area contributed by atoms with Gasteiger partial charge in [0, 0.05) is 50.9 Å². The molecule has 2 saturated heterocycles. The van der Waals surface area contributed by atoms with Gasteiger partial charge < -0.3 is 10.0 Å². The van der Waals surface area contributed by atoms with Crippen LogP contribution in [0.2, 0.25) is 0 Å². The fraction of sp³-hybridized carbons (Fsp3) is 0.714. The van der Waals surface area contributed by atoms with E-state index in [2.05, 4.69) is 51.0 Å². The van der Waals surface area contributed by atoms with Crippen LogP contribution in [0, 0.1) is 0 Å². The van der Waals surface area contributed by atoms with E-state index < -0.39 is 0 Å². The highest BCUT2D eigenvalue weighted by molar-refractivity contribution is 5.73. The van der Waals surface area contributed by atoms with Crippen LogP contribution in [0.4, 0.5) is 0 Å². The lowest BCUT2D eigenvalue weighted by atomic mass is 9.97. The maximum Gasteiger partial charge on any atom is 0.135 e. The molecule has 1 aromatic carbocycles. The first-order chi connectivity index (χ1) is 13.6. The minimum Gasteiger partial charge on any atom is -0.396 e. The van der Waals surface area contributed by atoms with Gasteiger partial charge in [0.25, 0.3) is 0 Å². The lowest BCUT2D eigenvalue weighted by Gasteiger charge is -2.48. The highest BCUT2D eigenvalue weighted by atomic mass is 16.6. The number of aliphatic hydroxyl groups is 1. The predicted molar refractivity (Wildman–Crippen MR) is 109 cm³/mol. The molecule has 0 aliphatic carbocycles. The molecule has 2 aliphatic heterocycles. The molecule has 0 radical (unpaired) electrons. The second kappa shape index (κ2) is 8.86. The van der Waals surface area contributed by atoms with Crippen molar-refractivity contribution in [3.63, 3.8) is 0 Å². The molecule has 2 aromatic rings. The number of rotatable bonds is 6. The standard InChI is InChI=1S/C21H33N5O2/c1-16(2)25-8-5-18(6-9-25)26-11-10-24(15-19(26)7-12-27)14-17-3-4-20-21(13-17)23-28-22-20/h3-4,13,16,18-19,27H,5-12,14-15H2,1-2H3/t19-/m1/s1. The molecule has 28 heavy (non-hydrogen) atoms. The fourth-order valence-corrected chi connectivity index (χ4v) is 4.88. The minimum atomic E-state index is 0.260. The topological polar surface area (TPSA) is 68.9 Å². The zero-order valence-corrected chi connectivity index (χ0v) is 17.1. The average molecular weight is 388 g/mol. The predicted octanol–water partition coefficient (Wildman–Crippen LogP) is 1.96. The maximum atomic E-state index is 9.64. The summed E-state index contributed by atoms with van der Waals surface area (Å²) in [7, 11) is 0. The number of benzene rings is 1. The highest BCUT2D eigenvalue weighted by Crippen LogP contribution is 2.25. The zero-order valence-electron chi connectivity index (χ0n) is 17.1. The summed E-state index contributed by atoms with van der Waals surface area (Å²) in [6, 6.07) is 7.90. The Morgan fingerprint density at radius 1 is 1.11 bits per heavy atom. The monoisotopic (exact) mass is 387 g/mol. The number of hydrogen-bond donors (Lipinski definition) is 1. The summed E-state index contributed by atoms with van der Waals surface area (Å²) < 4.78 is 4.81. The van der Waals surface area contributed by atoms with E-state index in [0.717, 1.165) is 43.6 Å². The SMILES string of the molecule is CC(C)N1CCC(N2CCN(Cc3ccc4nonc4c3)C[C@H]2CCO)CC1. The van der Waals surface area contributed by atoms with Crippen LogP contribution in [-0.4, -0.2) is 87.6 Å². The molecule has 4 rings (SSSR count). The zero-order chi connectivity index (χ0) is 19.5. The molecule has 2 aliphatic rings. The third-order valence-electron chi connectivity index (χ3n) is 6.50. The second-order valence-corrected chi connectivity index (χ2v) is 8.59. The Bertz CT molecular complexity index is 756. The molecule has 3 heterocycles. The molecule has 7 heteroatoms. The van der Waals surface area contributed by atoms with Gasteiger partial charge >= 0.3 is 0 Å². The van der Waals surface area contributed by atoms with Crippen LogP contribution in [-0.2, 0) is 6.54 Å². The van der Waals surface area contributed by atoms with Crippen molar-refractivity contribution in [2.75, 3.05) is 39.3 Å². The van der Waals surface area contributed by atoms with E-state index in [-0.39, 0.29) is 6.61 Å². The van der Waals surface area contributed by atoms with Crippen molar-refractivity contribution in [3.8, 4) is 0 Å². The first-order valence-corrected chi connectivity index (χ1v) is 10.7. The van der Waals surface area contributed by atoms with Crippen molar-refractivity contribution in [3.05, 3.63) is 23.8 Å². The normalized spacial score (nSPS) is 23.8. The van der Waals surface area contributed by atoms with Crippen LogP contribution in [0.5, 0.6) is 0 Å². The minimum absolute atomic E-state index is 0.260. The Labute approximate surface area is 167 Å². The van der Waals surface area contributed by atoms with E-state index in [1.54, 1.807) is 0 Å². The molecule has 0 saturated carbocycles. The Balaban J connectivity index is 1.37. The van der Waals surface area contributed by atoms with Gasteiger partial charge in [-0.05, 0) is 74.2 Å². The van der Waals surface area contributed by atoms with Gasteiger partial charge in [-0.2, -0.15) is 0 Å². The van der Waals surface area contributed by atoms with Crippen molar-refractivity contribution in [1.82, 2.24) is 25.0 Å². The number of likely N-dealkylation sites (tertiary alicyclic amines) is 1. The van der Waals surface area contributed by atoms with Crippen molar-refractivity contribution >= 4 is 11.0 Å². The van der Waals surface area contributed by atoms with Crippen molar-refractivity contribution in [1.29, 1.82) is 0 Å². The van der Waals surface area contributed by atoms with Gasteiger partial charge in [0.05, 0.1) is 0 Å². The maximum absolute atomic E-state index is 9.64. The lowest BCUT2D eigenvalue weighted by molar-refractivity contribution is -0.0000207. The highest BCUT2D eigenvalue weighted by Gasteiger charge is 2.33. The molecular formula is C21H33N5O2. The molecule has 0 amide bonds. The van der Waals surface area contributed by atoms with Crippen LogP contribution in [0.25, 0.3) is 11.0 Å². The van der Waals surface area contributed by atoms with Crippen molar-refractivity contribution < 1.29 is 9.74 Å². The molecule has 2 fully saturated rings. The Kier molecular flexibility index (Phi) is 6.25. The molecule has 1 N–H and O–H groups in total. The van der Waals surface area contributed by atoms with Gasteiger partial charge in [0.1, 0.15) is 11.0 Å². The van der Waals surface area contributed by atoms with Crippen LogP contribution in [0.3, 0.4) is 0 Å². The quantitative estimate of drug-likeness (QED) is 0.813. The number of piperazine rings is 1. The van der Waals surface area contributed by atoms with E-state index in [1.165, 1.54) is 31.5 Å². The van der Waals surface area contributed by atoms with Gasteiger partial charge in [0.2, 0.25) is 0 Å². The molecule has 0 unspecified atom stereocenters. The summed E-state index contributed by atoms with van der Waals surface area (Å²) in [6.07, 6.45) is 3.35. The summed E-state index contributed by atoms with van der Waals surface area (Å²) in [5.74, 6) is 0. The molecule has 0 spiro atoms. The van der Waals surface area contributed by atoms with E-state index in [1.807, 2.05) is 6.07 Å². The first-order valence-electron chi connectivity index (χ1n) is 10.7. The molecule has 1 aromatic heterocycles. The van der Waals surface area contributed by atoms with Crippen LogP contribution in [0.1, 0.15) is 38.7 Å². The van der Waals surface area contributed by atoms with Gasteiger partial charge in [-0.15, -0.1) is 0 Å². The smallest absolute Gasteiger partial charge is 0.135 e. The van der Waals surface area contributed by atoms with E-state index >= 15 is 0 Å². The second-order valence-electron chi connectivity index (χ2n) is 8.59. The summed E-state index contributed by atoms with van der Waals surface area (Å²) in [5.41, 5.74) is 2.86. The summed E-state index contributed by atoms with van der Waals surface area (Å²) in [6.45, 7) is 11.3. The number of piperidine rings is 1. The third kappa shape index (κ3) is 4.38. The van der Waals surface area contributed by atoms with Gasteiger partial charge in [-0.3, -0.25) is 9.80 Å². The molecule has 7 nitrogen and oxygen atoms in total.